The number of nitrogens with one attached hydrogen (secondary N) is 4. The van der Waals surface area contributed by atoms with Gasteiger partial charge in [-0.3, -0.25) is 28.8 Å². The molecule has 1 aliphatic heterocycles. The third-order valence-corrected chi connectivity index (χ3v) is 11.0. The number of carbonyl (C=O) groups is 6. The first-order chi connectivity index (χ1) is 30.8. The van der Waals surface area contributed by atoms with Gasteiger partial charge in [-0.1, -0.05) is 62.4 Å². The summed E-state index contributed by atoms with van der Waals surface area (Å²) in [7, 11) is 1.39. The number of benzene rings is 3. The van der Waals surface area contributed by atoms with E-state index in [9.17, 15) is 28.8 Å². The van der Waals surface area contributed by atoms with E-state index in [-0.39, 0.29) is 68.6 Å². The topological polar surface area (TPSA) is 274 Å². The fraction of sp³-hybridized carbons (Fsp3) is 0.457. The number of hydrogen-bond donors (Lipinski definition) is 7. The maximum absolute atomic E-state index is 14.6. The number of halogens is 1. The number of nitrogens with zero attached hydrogens (tertiary/aromatic N) is 2. The lowest BCUT2D eigenvalue weighted by Gasteiger charge is -2.32. The highest BCUT2D eigenvalue weighted by molar-refractivity contribution is 6.34. The molecule has 5 amide bonds. The van der Waals surface area contributed by atoms with E-state index in [1.54, 1.807) is 36.4 Å². The molecule has 4 atom stereocenters. The van der Waals surface area contributed by atoms with Crippen molar-refractivity contribution in [3.63, 3.8) is 0 Å². The molecular formula is C46H60ClN9O8. The largest absolute Gasteiger partial charge is 0.492 e. The minimum atomic E-state index is -1.42. The van der Waals surface area contributed by atoms with Crippen molar-refractivity contribution in [3.05, 3.63) is 81.9 Å². The van der Waals surface area contributed by atoms with Crippen LogP contribution in [0.2, 0.25) is 5.02 Å². The van der Waals surface area contributed by atoms with Crippen LogP contribution < -0.4 is 47.9 Å². The fourth-order valence-corrected chi connectivity index (χ4v) is 7.54. The van der Waals surface area contributed by atoms with Crippen molar-refractivity contribution in [2.75, 3.05) is 46.4 Å². The van der Waals surface area contributed by atoms with Crippen molar-refractivity contribution in [2.45, 2.75) is 89.4 Å². The monoisotopic (exact) mass is 901 g/mol. The van der Waals surface area contributed by atoms with E-state index in [1.165, 1.54) is 32.2 Å². The molecule has 64 heavy (non-hydrogen) atoms. The lowest BCUT2D eigenvalue weighted by Crippen LogP contribution is -2.56. The molecular weight excluding hydrogens is 842 g/mol. The second-order valence-corrected chi connectivity index (χ2v) is 15.9. The molecule has 0 saturated heterocycles. The number of ketones is 1. The van der Waals surface area contributed by atoms with Crippen LogP contribution in [0.15, 0.2) is 54.6 Å². The van der Waals surface area contributed by atoms with Gasteiger partial charge in [-0.05, 0) is 73.8 Å². The number of hydrogen-bond acceptors (Lipinski definition) is 12. The van der Waals surface area contributed by atoms with Crippen LogP contribution >= 0.6 is 11.6 Å². The quantitative estimate of drug-likeness (QED) is 0.0462. The fourth-order valence-electron chi connectivity index (χ4n) is 7.27. The average Bonchev–Trinajstić information content (AvgIpc) is 3.28. The highest BCUT2D eigenvalue weighted by Crippen LogP contribution is 2.40. The van der Waals surface area contributed by atoms with Gasteiger partial charge in [0.1, 0.15) is 55.4 Å². The summed E-state index contributed by atoms with van der Waals surface area (Å²) < 4.78 is 12.1. The smallest absolute Gasteiger partial charge is 0.253 e. The van der Waals surface area contributed by atoms with Gasteiger partial charge in [0.25, 0.3) is 5.91 Å². The number of rotatable bonds is 21. The zero-order valence-electron chi connectivity index (χ0n) is 36.7. The van der Waals surface area contributed by atoms with Gasteiger partial charge >= 0.3 is 0 Å². The van der Waals surface area contributed by atoms with Gasteiger partial charge in [-0.2, -0.15) is 5.26 Å². The highest BCUT2D eigenvalue weighted by atomic mass is 35.5. The number of ether oxygens (including phenoxy) is 2. The highest BCUT2D eigenvalue weighted by Gasteiger charge is 2.36. The predicted octanol–water partition coefficient (Wildman–Crippen LogP) is 3.06. The molecule has 0 saturated carbocycles. The van der Waals surface area contributed by atoms with Gasteiger partial charge in [-0.15, -0.1) is 0 Å². The molecule has 344 valence electrons. The molecule has 0 radical (unpaired) electrons. The van der Waals surface area contributed by atoms with Gasteiger partial charge in [-0.25, -0.2) is 0 Å². The number of likely N-dealkylation sites (N-methyl/N-ethyl adjacent to an activating group) is 1. The minimum Gasteiger partial charge on any atom is -0.492 e. The lowest BCUT2D eigenvalue weighted by molar-refractivity contribution is -0.141. The van der Waals surface area contributed by atoms with Crippen LogP contribution in [0.4, 0.5) is 0 Å². The normalized spacial score (nSPS) is 16.5. The van der Waals surface area contributed by atoms with Crippen LogP contribution in [0.25, 0.3) is 11.1 Å². The predicted molar refractivity (Wildman–Crippen MR) is 242 cm³/mol. The molecule has 0 spiro atoms. The lowest BCUT2D eigenvalue weighted by atomic mass is 9.93. The van der Waals surface area contributed by atoms with Crippen molar-refractivity contribution < 1.29 is 38.2 Å². The average molecular weight is 902 g/mol. The van der Waals surface area contributed by atoms with Crippen LogP contribution in [0.3, 0.4) is 0 Å². The molecule has 18 heteroatoms. The third kappa shape index (κ3) is 13.7. The molecule has 1 aliphatic rings. The Kier molecular flexibility index (Phi) is 20.0. The maximum atomic E-state index is 14.6. The Morgan fingerprint density at radius 1 is 0.891 bits per heavy atom. The van der Waals surface area contributed by atoms with E-state index < -0.39 is 53.7 Å². The Morgan fingerprint density at radius 2 is 1.56 bits per heavy atom. The molecule has 0 fully saturated rings. The van der Waals surface area contributed by atoms with Crippen LogP contribution in [0.5, 0.6) is 11.5 Å². The van der Waals surface area contributed by atoms with Crippen molar-refractivity contribution >= 4 is 46.9 Å². The van der Waals surface area contributed by atoms with Gasteiger partial charge < -0.3 is 52.8 Å². The van der Waals surface area contributed by atoms with Crippen molar-refractivity contribution in [3.8, 4) is 28.7 Å². The molecule has 0 unspecified atom stereocenters. The maximum Gasteiger partial charge on any atom is 0.253 e. The van der Waals surface area contributed by atoms with Crippen molar-refractivity contribution in [2.24, 2.45) is 17.2 Å². The van der Waals surface area contributed by atoms with Crippen molar-refractivity contribution in [1.82, 2.24) is 26.2 Å². The van der Waals surface area contributed by atoms with Gasteiger partial charge in [0.2, 0.25) is 23.6 Å². The SMILES string of the molecule is CCCCCCCC(=O)c1ccc(C(=O)N[C@@H](CCN)C(=O)N(C)[C@@H]2C(=O)N[C@@H](C)C(=O)N[C@H](C(=O)NCC#N)Cc3ccc(OCCN)c(c3)-c3cc2ccc3OCCN)c(Cl)c1. The van der Waals surface area contributed by atoms with Gasteiger partial charge in [0.15, 0.2) is 5.78 Å². The Hall–Kier alpha value is -6.06. The van der Waals surface area contributed by atoms with E-state index in [4.69, 9.17) is 43.5 Å². The summed E-state index contributed by atoms with van der Waals surface area (Å²) in [5, 5.41) is 19.7. The second kappa shape index (κ2) is 25.3. The number of Topliss-reactive ketones (excluding diaryl/α,β-unsaturated/α-hetero) is 1. The Morgan fingerprint density at radius 3 is 2.20 bits per heavy atom. The molecule has 4 rings (SSSR count). The van der Waals surface area contributed by atoms with Crippen LogP contribution in [0.1, 0.15) is 96.7 Å². The van der Waals surface area contributed by atoms with Crippen LogP contribution in [-0.2, 0) is 25.6 Å². The Labute approximate surface area is 379 Å². The number of carbonyl (C=O) groups excluding carboxylic acids is 6. The van der Waals surface area contributed by atoms with Crippen molar-refractivity contribution in [1.29, 1.82) is 5.26 Å². The zero-order chi connectivity index (χ0) is 46.8. The van der Waals surface area contributed by atoms with E-state index >= 15 is 0 Å². The summed E-state index contributed by atoms with van der Waals surface area (Å²) in [6, 6.07) is 11.2. The molecule has 17 nitrogen and oxygen atoms in total. The Bertz CT molecular complexity index is 2180. The molecule has 1 heterocycles. The molecule has 4 bridgehead atoms. The van der Waals surface area contributed by atoms with Crippen LogP contribution in [-0.4, -0.2) is 105 Å². The number of amides is 5. The first kappa shape index (κ1) is 50.6. The number of unbranched alkanes of at least 4 members (excludes halogenated alkanes) is 4. The van der Waals surface area contributed by atoms with E-state index in [0.29, 0.717) is 45.7 Å². The summed E-state index contributed by atoms with van der Waals surface area (Å²) in [6.45, 7) is 3.84. The molecule has 3 aromatic rings. The standard InChI is InChI=1S/C46H60ClN9O8/c1-4-5-6-7-8-9-38(57)30-11-13-32(35(47)27-30)43(59)54-36(16-17-48)46(62)56(3)41-31-12-15-40(64-23-20-51)34(26-31)33-24-29(10-14-39(33)63-22-19-50)25-37(44(60)52-21-18-49)55-42(58)28(2)53-45(41)61/h10-15,24,26-28,36-37,41H,4-9,16-17,19-23,25,48,50-51H2,1-3H3,(H,52,60)(H,53,61)(H,54,59)(H,55,58)/t28-,36-,37-,41-/m0/s1. The van der Waals surface area contributed by atoms with E-state index in [2.05, 4.69) is 28.2 Å². The molecule has 10 N–H and O–H groups in total. The minimum absolute atomic E-state index is 0.00664. The first-order valence-electron chi connectivity index (χ1n) is 21.6. The summed E-state index contributed by atoms with van der Waals surface area (Å²) in [4.78, 5) is 83.8. The zero-order valence-corrected chi connectivity index (χ0v) is 37.4. The second-order valence-electron chi connectivity index (χ2n) is 15.5. The number of fused-ring (bicyclic) bond motifs is 5. The number of nitriles is 1. The number of nitrogens with two attached hydrogens (primary N) is 3. The van der Waals surface area contributed by atoms with Gasteiger partial charge in [0, 0.05) is 49.7 Å². The summed E-state index contributed by atoms with van der Waals surface area (Å²) in [5.41, 5.74) is 19.8. The molecule has 0 aliphatic carbocycles. The van der Waals surface area contributed by atoms with E-state index in [1.807, 2.05) is 6.07 Å². The summed E-state index contributed by atoms with van der Waals surface area (Å²) >= 11 is 6.56. The summed E-state index contributed by atoms with van der Waals surface area (Å²) in [5.74, 6) is -2.87. The molecule has 0 aromatic heterocycles. The van der Waals surface area contributed by atoms with Crippen LogP contribution in [0, 0.1) is 11.3 Å². The van der Waals surface area contributed by atoms with E-state index in [0.717, 1.165) is 37.0 Å². The van der Waals surface area contributed by atoms with Gasteiger partial charge in [0.05, 0.1) is 16.7 Å². The Balaban J connectivity index is 1.77. The first-order valence-corrected chi connectivity index (χ1v) is 21.9. The molecule has 3 aromatic carbocycles. The summed E-state index contributed by atoms with van der Waals surface area (Å²) in [6.07, 6.45) is 5.25. The third-order valence-electron chi connectivity index (χ3n) is 10.7.